The molecule has 2 aliphatic rings. The molecule has 2 atom stereocenters. The Kier molecular flexibility index (Phi) is 6.04. The summed E-state index contributed by atoms with van der Waals surface area (Å²) in [6.45, 7) is 5.92. The van der Waals surface area contributed by atoms with Crippen molar-refractivity contribution in [2.75, 3.05) is 31.2 Å². The van der Waals surface area contributed by atoms with E-state index in [-0.39, 0.29) is 18.1 Å². The van der Waals surface area contributed by atoms with Crippen molar-refractivity contribution in [1.82, 2.24) is 10.3 Å². The van der Waals surface area contributed by atoms with Crippen LogP contribution in [0.4, 0.5) is 5.82 Å². The van der Waals surface area contributed by atoms with Gasteiger partial charge in [-0.15, -0.1) is 0 Å². The van der Waals surface area contributed by atoms with Crippen LogP contribution < -0.4 is 10.2 Å². The lowest BCUT2D eigenvalue weighted by Gasteiger charge is -2.32. The molecule has 2 fully saturated rings. The molecule has 0 saturated carbocycles. The highest BCUT2D eigenvalue weighted by molar-refractivity contribution is 5.75. The molecule has 0 aromatic carbocycles. The lowest BCUT2D eigenvalue weighted by atomic mass is 10.1. The molecule has 1 aromatic heterocycles. The van der Waals surface area contributed by atoms with Crippen molar-refractivity contribution < 1.29 is 14.3 Å². The van der Waals surface area contributed by atoms with Crippen molar-refractivity contribution in [2.24, 2.45) is 0 Å². The van der Waals surface area contributed by atoms with E-state index in [0.29, 0.717) is 13.0 Å². The van der Waals surface area contributed by atoms with Gasteiger partial charge in [-0.2, -0.15) is 0 Å². The number of hydrogen-bond acceptors (Lipinski definition) is 5. The Morgan fingerprint density at radius 3 is 3.00 bits per heavy atom. The molecule has 3 rings (SSSR count). The van der Waals surface area contributed by atoms with Gasteiger partial charge in [0.05, 0.1) is 18.8 Å². The minimum Gasteiger partial charge on any atom is -0.378 e. The maximum atomic E-state index is 11.9. The Bertz CT molecular complexity index is 529. The summed E-state index contributed by atoms with van der Waals surface area (Å²) in [5.41, 5.74) is 1.02. The molecule has 2 saturated heterocycles. The van der Waals surface area contributed by atoms with Gasteiger partial charge in [-0.3, -0.25) is 4.79 Å². The largest absolute Gasteiger partial charge is 0.378 e. The Morgan fingerprint density at radius 2 is 2.29 bits per heavy atom. The highest BCUT2D eigenvalue weighted by Crippen LogP contribution is 2.17. The predicted octanol–water partition coefficient (Wildman–Crippen LogP) is 1.88. The number of morpholine rings is 1. The highest BCUT2D eigenvalue weighted by Gasteiger charge is 2.18. The van der Waals surface area contributed by atoms with Crippen molar-refractivity contribution in [1.29, 1.82) is 0 Å². The zero-order valence-corrected chi connectivity index (χ0v) is 14.4. The summed E-state index contributed by atoms with van der Waals surface area (Å²) in [6, 6.07) is 4.05. The second-order valence-electron chi connectivity index (χ2n) is 6.60. The number of hydrogen-bond donors (Lipinski definition) is 1. The quantitative estimate of drug-likeness (QED) is 0.861. The summed E-state index contributed by atoms with van der Waals surface area (Å²) in [6.07, 6.45) is 5.90. The third-order valence-corrected chi connectivity index (χ3v) is 4.58. The molecule has 1 N–H and O–H groups in total. The van der Waals surface area contributed by atoms with Crippen LogP contribution in [0, 0.1) is 0 Å². The van der Waals surface area contributed by atoms with Crippen LogP contribution in [0.25, 0.3) is 0 Å². The molecule has 0 bridgehead atoms. The minimum atomic E-state index is 0.0802. The maximum absolute atomic E-state index is 11.9. The van der Waals surface area contributed by atoms with Crippen molar-refractivity contribution in [2.45, 2.75) is 51.4 Å². The van der Waals surface area contributed by atoms with Gasteiger partial charge in [0, 0.05) is 38.9 Å². The van der Waals surface area contributed by atoms with Gasteiger partial charge in [0.1, 0.15) is 5.82 Å². The first-order chi connectivity index (χ1) is 11.7. The number of pyridine rings is 1. The van der Waals surface area contributed by atoms with Gasteiger partial charge < -0.3 is 19.7 Å². The smallest absolute Gasteiger partial charge is 0.220 e. The lowest BCUT2D eigenvalue weighted by Crippen LogP contribution is -2.41. The van der Waals surface area contributed by atoms with Gasteiger partial charge >= 0.3 is 0 Å². The second-order valence-corrected chi connectivity index (χ2v) is 6.60. The standard InChI is InChI=1S/C18H27N3O3/c1-14-13-21(8-10-23-14)17-6-4-15(11-19-17)12-20-18(22)7-5-16-3-2-9-24-16/h4,6,11,14,16H,2-3,5,7-10,12-13H2,1H3,(H,20,22)/t14-,16-/m1/s1. The Hall–Kier alpha value is -1.66. The van der Waals surface area contributed by atoms with Gasteiger partial charge in [0.2, 0.25) is 5.91 Å². The van der Waals surface area contributed by atoms with Gasteiger partial charge in [-0.25, -0.2) is 4.98 Å². The molecule has 0 radical (unpaired) electrons. The molecule has 1 amide bonds. The zero-order chi connectivity index (χ0) is 16.8. The van der Waals surface area contributed by atoms with Crippen LogP contribution in [0.3, 0.4) is 0 Å². The lowest BCUT2D eigenvalue weighted by molar-refractivity contribution is -0.121. The van der Waals surface area contributed by atoms with E-state index >= 15 is 0 Å². The summed E-state index contributed by atoms with van der Waals surface area (Å²) >= 11 is 0. The third-order valence-electron chi connectivity index (χ3n) is 4.58. The van der Waals surface area contributed by atoms with Crippen LogP contribution in [0.15, 0.2) is 18.3 Å². The molecule has 3 heterocycles. The number of carbonyl (C=O) groups excluding carboxylic acids is 1. The number of nitrogens with one attached hydrogen (secondary N) is 1. The first-order valence-corrected chi connectivity index (χ1v) is 8.90. The average molecular weight is 333 g/mol. The Labute approximate surface area is 143 Å². The molecular formula is C18H27N3O3. The molecule has 0 spiro atoms. The van der Waals surface area contributed by atoms with E-state index in [1.807, 2.05) is 18.3 Å². The van der Waals surface area contributed by atoms with E-state index in [4.69, 9.17) is 9.47 Å². The van der Waals surface area contributed by atoms with Gasteiger partial charge in [-0.1, -0.05) is 6.07 Å². The van der Waals surface area contributed by atoms with E-state index in [1.54, 1.807) is 0 Å². The molecule has 6 heteroatoms. The Morgan fingerprint density at radius 1 is 1.38 bits per heavy atom. The number of aromatic nitrogens is 1. The van der Waals surface area contributed by atoms with Crippen molar-refractivity contribution in [3.8, 4) is 0 Å². The fourth-order valence-electron chi connectivity index (χ4n) is 3.19. The van der Waals surface area contributed by atoms with E-state index in [1.165, 1.54) is 0 Å². The number of amides is 1. The number of nitrogens with zero attached hydrogens (tertiary/aromatic N) is 2. The fraction of sp³-hybridized carbons (Fsp3) is 0.667. The van der Waals surface area contributed by atoms with Crippen LogP contribution >= 0.6 is 0 Å². The molecule has 132 valence electrons. The number of ether oxygens (including phenoxy) is 2. The summed E-state index contributed by atoms with van der Waals surface area (Å²) in [5.74, 6) is 1.05. The Balaban J connectivity index is 1.41. The number of anilines is 1. The van der Waals surface area contributed by atoms with Crippen molar-refractivity contribution >= 4 is 11.7 Å². The fourth-order valence-corrected chi connectivity index (χ4v) is 3.19. The van der Waals surface area contributed by atoms with Crippen LogP contribution in [0.5, 0.6) is 0 Å². The van der Waals surface area contributed by atoms with Gasteiger partial charge in [0.25, 0.3) is 0 Å². The zero-order valence-electron chi connectivity index (χ0n) is 14.4. The van der Waals surface area contributed by atoms with Crippen LogP contribution in [-0.4, -0.2) is 49.4 Å². The third kappa shape index (κ3) is 4.92. The van der Waals surface area contributed by atoms with E-state index in [9.17, 15) is 4.79 Å². The van der Waals surface area contributed by atoms with Gasteiger partial charge in [0.15, 0.2) is 0 Å². The van der Waals surface area contributed by atoms with Gasteiger partial charge in [-0.05, 0) is 37.8 Å². The molecule has 0 unspecified atom stereocenters. The summed E-state index contributed by atoms with van der Waals surface area (Å²) in [4.78, 5) is 18.7. The molecule has 2 aliphatic heterocycles. The molecule has 24 heavy (non-hydrogen) atoms. The van der Waals surface area contributed by atoms with E-state index in [2.05, 4.69) is 22.1 Å². The normalized spacial score (nSPS) is 24.1. The van der Waals surface area contributed by atoms with Crippen LogP contribution in [0.1, 0.15) is 38.2 Å². The van der Waals surface area contributed by atoms with Crippen LogP contribution in [0.2, 0.25) is 0 Å². The topological polar surface area (TPSA) is 63.7 Å². The molecule has 6 nitrogen and oxygen atoms in total. The highest BCUT2D eigenvalue weighted by atomic mass is 16.5. The van der Waals surface area contributed by atoms with E-state index in [0.717, 1.165) is 56.9 Å². The predicted molar refractivity (Wildman–Crippen MR) is 91.9 cm³/mol. The average Bonchev–Trinajstić information content (AvgIpc) is 3.12. The van der Waals surface area contributed by atoms with Crippen LogP contribution in [-0.2, 0) is 20.8 Å². The summed E-state index contributed by atoms with van der Waals surface area (Å²) in [5, 5.41) is 2.96. The number of carbonyl (C=O) groups is 1. The monoisotopic (exact) mass is 333 g/mol. The number of rotatable bonds is 6. The second kappa shape index (κ2) is 8.44. The van der Waals surface area contributed by atoms with Crippen molar-refractivity contribution in [3.05, 3.63) is 23.9 Å². The summed E-state index contributed by atoms with van der Waals surface area (Å²) in [7, 11) is 0. The summed E-state index contributed by atoms with van der Waals surface area (Å²) < 4.78 is 11.1. The minimum absolute atomic E-state index is 0.0802. The van der Waals surface area contributed by atoms with E-state index < -0.39 is 0 Å². The first-order valence-electron chi connectivity index (χ1n) is 8.90. The molecule has 0 aliphatic carbocycles. The maximum Gasteiger partial charge on any atom is 0.220 e. The molecule has 1 aromatic rings. The van der Waals surface area contributed by atoms with Crippen molar-refractivity contribution in [3.63, 3.8) is 0 Å². The first kappa shape index (κ1) is 17.2. The SMILES string of the molecule is C[C@@H]1CN(c2ccc(CNC(=O)CC[C@H]3CCCO3)cn2)CCO1. The molecular weight excluding hydrogens is 306 g/mol.